The second-order valence-corrected chi connectivity index (χ2v) is 10.9. The summed E-state index contributed by atoms with van der Waals surface area (Å²) in [5, 5.41) is 13.0. The molecule has 0 aliphatic carbocycles. The maximum atomic E-state index is 13.2. The van der Waals surface area contributed by atoms with E-state index in [4.69, 9.17) is 9.47 Å². The first-order valence-corrected chi connectivity index (χ1v) is 12.8. The zero-order valence-corrected chi connectivity index (χ0v) is 20.0. The first-order valence-electron chi connectivity index (χ1n) is 11.4. The van der Waals surface area contributed by atoms with Crippen molar-refractivity contribution in [1.29, 1.82) is 5.26 Å². The lowest BCUT2D eigenvalue weighted by Gasteiger charge is -2.38. The molecule has 2 aromatic carbocycles. The molecule has 0 saturated carbocycles. The van der Waals surface area contributed by atoms with Crippen LogP contribution in [0.25, 0.3) is 0 Å². The summed E-state index contributed by atoms with van der Waals surface area (Å²) in [6.45, 7) is 6.83. The molecule has 7 nitrogen and oxygen atoms in total. The summed E-state index contributed by atoms with van der Waals surface area (Å²) in [6.07, 6.45) is 1.49. The quantitative estimate of drug-likeness (QED) is 0.645. The molecule has 0 aromatic heterocycles. The van der Waals surface area contributed by atoms with Gasteiger partial charge in [0.2, 0.25) is 10.0 Å². The molecule has 2 aromatic rings. The van der Waals surface area contributed by atoms with Crippen LogP contribution in [0.4, 0.5) is 5.69 Å². The highest BCUT2D eigenvalue weighted by Crippen LogP contribution is 2.35. The van der Waals surface area contributed by atoms with Crippen LogP contribution < -0.4 is 10.0 Å². The van der Waals surface area contributed by atoms with E-state index in [1.54, 1.807) is 12.1 Å². The van der Waals surface area contributed by atoms with Crippen LogP contribution in [-0.2, 0) is 24.9 Å². The van der Waals surface area contributed by atoms with Crippen LogP contribution in [0.2, 0.25) is 0 Å². The van der Waals surface area contributed by atoms with Crippen molar-refractivity contribution >= 4 is 15.7 Å². The molecule has 2 saturated heterocycles. The third kappa shape index (κ3) is 5.22. The Bertz CT molecular complexity index is 1120. The molecule has 4 rings (SSSR count). The Morgan fingerprint density at radius 3 is 2.45 bits per heavy atom. The molecule has 2 aliphatic heterocycles. The van der Waals surface area contributed by atoms with Gasteiger partial charge in [-0.25, -0.2) is 13.1 Å². The monoisotopic (exact) mass is 469 g/mol. The number of nitriles is 1. The molecule has 2 heterocycles. The molecule has 0 spiro atoms. The van der Waals surface area contributed by atoms with Crippen LogP contribution in [0.5, 0.6) is 0 Å². The molecule has 0 bridgehead atoms. The smallest absolute Gasteiger partial charge is 0.240 e. The molecule has 0 radical (unpaired) electrons. The molecular formula is C25H31N3O4S. The largest absolute Gasteiger partial charge is 0.381 e. The summed E-state index contributed by atoms with van der Waals surface area (Å²) in [5.74, 6) is 0.319. The number of rotatable bonds is 7. The summed E-state index contributed by atoms with van der Waals surface area (Å²) >= 11 is 0. The normalized spacial score (nSPS) is 22.6. The lowest BCUT2D eigenvalue weighted by Crippen LogP contribution is -2.44. The number of hydrogen-bond donors (Lipinski definition) is 2. The summed E-state index contributed by atoms with van der Waals surface area (Å²) < 4.78 is 40.2. The lowest BCUT2D eigenvalue weighted by molar-refractivity contribution is 0.0517. The summed E-state index contributed by atoms with van der Waals surface area (Å²) in [6, 6.07) is 15.2. The lowest BCUT2D eigenvalue weighted by atomic mass is 9.74. The zero-order valence-electron chi connectivity index (χ0n) is 19.1. The van der Waals surface area contributed by atoms with Crippen molar-refractivity contribution in [3.05, 3.63) is 59.2 Å². The average molecular weight is 470 g/mol. The van der Waals surface area contributed by atoms with Crippen molar-refractivity contribution in [2.45, 2.75) is 43.0 Å². The number of hydrogen-bond acceptors (Lipinski definition) is 6. The van der Waals surface area contributed by atoms with Gasteiger partial charge in [0.1, 0.15) is 6.07 Å². The molecule has 8 heteroatoms. The Balaban J connectivity index is 1.53. The minimum Gasteiger partial charge on any atom is -0.381 e. The molecule has 2 unspecified atom stereocenters. The van der Waals surface area contributed by atoms with E-state index in [2.05, 4.69) is 47.3 Å². The fourth-order valence-corrected chi connectivity index (χ4v) is 5.66. The second-order valence-electron chi connectivity index (χ2n) is 9.17. The highest BCUT2D eigenvalue weighted by molar-refractivity contribution is 7.89. The van der Waals surface area contributed by atoms with E-state index in [0.29, 0.717) is 43.6 Å². The molecule has 176 valence electrons. The topological polar surface area (TPSA) is 100 Å². The molecule has 0 amide bonds. The number of anilines is 1. The number of nitrogens with zero attached hydrogens (tertiary/aromatic N) is 1. The number of benzene rings is 2. The first-order chi connectivity index (χ1) is 15.8. The van der Waals surface area contributed by atoms with Gasteiger partial charge in [0, 0.05) is 31.1 Å². The summed E-state index contributed by atoms with van der Waals surface area (Å²) in [5.41, 5.74) is 2.88. The minimum atomic E-state index is -3.80. The van der Waals surface area contributed by atoms with Gasteiger partial charge in [0.05, 0.1) is 35.4 Å². The Hall–Kier alpha value is -2.44. The maximum absolute atomic E-state index is 13.2. The van der Waals surface area contributed by atoms with Crippen LogP contribution in [0.1, 0.15) is 36.5 Å². The molecule has 2 aliphatic rings. The number of ether oxygens (including phenoxy) is 2. The standard InChI is InChI=1S/C25H31N3O4S/c1-18-3-5-21(6-4-18)25(9-11-31-12-10-25)17-27-33(29,30)22-7-8-23(20(13-22)14-26)28-24-16-32-15-19(24)2/h3-8,13,19,24,27-28H,9-12,15-17H2,1-2H3. The van der Waals surface area contributed by atoms with Crippen LogP contribution in [0.3, 0.4) is 0 Å². The van der Waals surface area contributed by atoms with Gasteiger partial charge >= 0.3 is 0 Å². The number of sulfonamides is 1. The molecule has 2 fully saturated rings. The van der Waals surface area contributed by atoms with Crippen molar-refractivity contribution in [3.63, 3.8) is 0 Å². The highest BCUT2D eigenvalue weighted by atomic mass is 32.2. The van der Waals surface area contributed by atoms with Gasteiger partial charge < -0.3 is 14.8 Å². The van der Waals surface area contributed by atoms with Crippen LogP contribution in [-0.4, -0.2) is 47.4 Å². The third-order valence-electron chi connectivity index (χ3n) is 6.84. The van der Waals surface area contributed by atoms with Crippen LogP contribution in [0.15, 0.2) is 47.4 Å². The predicted molar refractivity (Wildman–Crippen MR) is 127 cm³/mol. The SMILES string of the molecule is Cc1ccc(C2(CNS(=O)(=O)c3ccc(NC4COCC4C)c(C#N)c3)CCOCC2)cc1. The Labute approximate surface area is 196 Å². The van der Waals surface area contributed by atoms with Gasteiger partial charge in [-0.15, -0.1) is 0 Å². The van der Waals surface area contributed by atoms with Gasteiger partial charge in [-0.2, -0.15) is 5.26 Å². The highest BCUT2D eigenvalue weighted by Gasteiger charge is 2.36. The molecule has 2 atom stereocenters. The minimum absolute atomic E-state index is 0.0893. The maximum Gasteiger partial charge on any atom is 0.240 e. The van der Waals surface area contributed by atoms with Gasteiger partial charge in [0.25, 0.3) is 0 Å². The van der Waals surface area contributed by atoms with E-state index >= 15 is 0 Å². The number of aryl methyl sites for hydroxylation is 1. The fraction of sp³-hybridized carbons (Fsp3) is 0.480. The zero-order chi connectivity index (χ0) is 23.5. The Morgan fingerprint density at radius 2 is 1.82 bits per heavy atom. The summed E-state index contributed by atoms with van der Waals surface area (Å²) in [4.78, 5) is 0.0893. The molecule has 2 N–H and O–H groups in total. The van der Waals surface area contributed by atoms with Gasteiger partial charge in [-0.1, -0.05) is 36.8 Å². The van der Waals surface area contributed by atoms with Gasteiger partial charge in [0.15, 0.2) is 0 Å². The van der Waals surface area contributed by atoms with E-state index in [1.165, 1.54) is 6.07 Å². The first kappa shape index (κ1) is 23.7. The van der Waals surface area contributed by atoms with Crippen LogP contribution in [0, 0.1) is 24.2 Å². The van der Waals surface area contributed by atoms with E-state index in [-0.39, 0.29) is 22.9 Å². The predicted octanol–water partition coefficient (Wildman–Crippen LogP) is 3.34. The van der Waals surface area contributed by atoms with E-state index in [9.17, 15) is 13.7 Å². The van der Waals surface area contributed by atoms with Crippen molar-refractivity contribution in [1.82, 2.24) is 4.72 Å². The molecular weight excluding hydrogens is 438 g/mol. The van der Waals surface area contributed by atoms with Gasteiger partial charge in [-0.3, -0.25) is 0 Å². The average Bonchev–Trinajstić information content (AvgIpc) is 3.23. The number of nitrogens with one attached hydrogen (secondary N) is 2. The summed E-state index contributed by atoms with van der Waals surface area (Å²) in [7, 11) is -3.80. The second kappa shape index (κ2) is 9.82. The van der Waals surface area contributed by atoms with Crippen molar-refractivity contribution in [3.8, 4) is 6.07 Å². The van der Waals surface area contributed by atoms with E-state index in [0.717, 1.165) is 24.0 Å². The van der Waals surface area contributed by atoms with Crippen LogP contribution >= 0.6 is 0 Å². The Kier molecular flexibility index (Phi) is 7.05. The third-order valence-corrected chi connectivity index (χ3v) is 8.24. The van der Waals surface area contributed by atoms with Crippen molar-refractivity contribution in [2.24, 2.45) is 5.92 Å². The van der Waals surface area contributed by atoms with Gasteiger partial charge in [-0.05, 0) is 43.5 Å². The van der Waals surface area contributed by atoms with Crippen molar-refractivity contribution in [2.75, 3.05) is 38.3 Å². The van der Waals surface area contributed by atoms with E-state index in [1.807, 2.05) is 6.92 Å². The van der Waals surface area contributed by atoms with Crippen molar-refractivity contribution < 1.29 is 17.9 Å². The van der Waals surface area contributed by atoms with E-state index < -0.39 is 10.0 Å². The molecule has 33 heavy (non-hydrogen) atoms. The fourth-order valence-electron chi connectivity index (χ4n) is 4.51. The Morgan fingerprint density at radius 1 is 1.09 bits per heavy atom.